The molecule has 0 saturated carbocycles. The van der Waals surface area contributed by atoms with Crippen molar-refractivity contribution in [3.8, 4) is 0 Å². The van der Waals surface area contributed by atoms with Crippen LogP contribution in [0.2, 0.25) is 5.02 Å². The molecule has 0 saturated heterocycles. The van der Waals surface area contributed by atoms with Crippen molar-refractivity contribution in [1.82, 2.24) is 10.3 Å². The molecular weight excluding hydrogens is 398 g/mol. The number of halogens is 1. The van der Waals surface area contributed by atoms with Crippen molar-refractivity contribution in [1.29, 1.82) is 0 Å². The molecule has 0 aliphatic heterocycles. The van der Waals surface area contributed by atoms with E-state index in [-0.39, 0.29) is 12.1 Å². The molecule has 3 aromatic rings. The molecule has 1 atom stereocenters. The molecule has 28 heavy (non-hydrogen) atoms. The first-order chi connectivity index (χ1) is 13.4. The van der Waals surface area contributed by atoms with E-state index in [1.807, 2.05) is 49.4 Å². The minimum absolute atomic E-state index is 0.212. The van der Waals surface area contributed by atoms with Crippen molar-refractivity contribution in [2.24, 2.45) is 0 Å². The van der Waals surface area contributed by atoms with Gasteiger partial charge in [-0.3, -0.25) is 9.59 Å². The van der Waals surface area contributed by atoms with Gasteiger partial charge in [-0.15, -0.1) is 11.3 Å². The van der Waals surface area contributed by atoms with Crippen LogP contribution in [0, 0.1) is 6.92 Å². The number of nitrogens with zero attached hydrogens (tertiary/aromatic N) is 1. The lowest BCUT2D eigenvalue weighted by atomic mass is 9.98. The summed E-state index contributed by atoms with van der Waals surface area (Å²) in [6, 6.07) is 14.0. The van der Waals surface area contributed by atoms with Gasteiger partial charge in [0.2, 0.25) is 0 Å². The summed E-state index contributed by atoms with van der Waals surface area (Å²) in [5.74, 6) is -1.43. The van der Waals surface area contributed by atoms with Crippen LogP contribution in [0.15, 0.2) is 53.9 Å². The lowest BCUT2D eigenvalue weighted by molar-refractivity contribution is -0.137. The van der Waals surface area contributed by atoms with Crippen molar-refractivity contribution in [2.75, 3.05) is 5.32 Å². The Labute approximate surface area is 171 Å². The van der Waals surface area contributed by atoms with Crippen molar-refractivity contribution >= 4 is 45.6 Å². The molecule has 1 heterocycles. The molecule has 6 nitrogen and oxygen atoms in total. The van der Waals surface area contributed by atoms with Gasteiger partial charge in [-0.1, -0.05) is 48.0 Å². The van der Waals surface area contributed by atoms with Crippen molar-refractivity contribution in [3.63, 3.8) is 0 Å². The summed E-state index contributed by atoms with van der Waals surface area (Å²) in [4.78, 5) is 28.2. The standard InChI is InChI=1S/C20H18ClN3O3S/c1-12-6-2-3-7-13(12)16(10-18(25)26)22-19(27)17-11-28-20(24-17)23-15-9-5-4-8-14(15)21/h2-9,11,16H,10H2,1H3,(H,22,27)(H,23,24)(H,25,26). The molecule has 3 rings (SSSR count). The second-order valence-electron chi connectivity index (χ2n) is 6.12. The van der Waals surface area contributed by atoms with E-state index < -0.39 is 17.9 Å². The maximum atomic E-state index is 12.6. The molecule has 3 N–H and O–H groups in total. The number of carbonyl (C=O) groups is 2. The Balaban J connectivity index is 1.75. The highest BCUT2D eigenvalue weighted by Gasteiger charge is 2.21. The molecule has 0 fully saturated rings. The number of amides is 1. The lowest BCUT2D eigenvalue weighted by Crippen LogP contribution is -2.30. The van der Waals surface area contributed by atoms with E-state index in [1.54, 1.807) is 11.4 Å². The van der Waals surface area contributed by atoms with E-state index in [0.29, 0.717) is 15.8 Å². The number of hydrogen-bond donors (Lipinski definition) is 3. The molecule has 1 amide bonds. The molecule has 0 aliphatic carbocycles. The van der Waals surface area contributed by atoms with E-state index in [0.717, 1.165) is 11.1 Å². The number of carbonyl (C=O) groups excluding carboxylic acids is 1. The van der Waals surface area contributed by atoms with Gasteiger partial charge < -0.3 is 15.7 Å². The number of rotatable bonds is 7. The Morgan fingerprint density at radius 1 is 1.18 bits per heavy atom. The second-order valence-corrected chi connectivity index (χ2v) is 7.39. The summed E-state index contributed by atoms with van der Waals surface area (Å²) in [5, 5.41) is 17.8. The Morgan fingerprint density at radius 3 is 2.61 bits per heavy atom. The fraction of sp³-hybridized carbons (Fsp3) is 0.150. The van der Waals surface area contributed by atoms with Crippen LogP contribution in [0.1, 0.15) is 34.1 Å². The molecule has 1 unspecified atom stereocenters. The van der Waals surface area contributed by atoms with E-state index >= 15 is 0 Å². The third kappa shape index (κ3) is 4.88. The van der Waals surface area contributed by atoms with E-state index in [1.165, 1.54) is 11.3 Å². The topological polar surface area (TPSA) is 91.3 Å². The van der Waals surface area contributed by atoms with Gasteiger partial charge in [-0.05, 0) is 30.2 Å². The number of nitrogens with one attached hydrogen (secondary N) is 2. The molecule has 0 aliphatic rings. The van der Waals surface area contributed by atoms with Crippen LogP contribution in [-0.2, 0) is 4.79 Å². The zero-order valence-corrected chi connectivity index (χ0v) is 16.6. The maximum Gasteiger partial charge on any atom is 0.305 e. The fourth-order valence-electron chi connectivity index (χ4n) is 2.74. The minimum Gasteiger partial charge on any atom is -0.481 e. The predicted octanol–water partition coefficient (Wildman–Crippen LogP) is 4.79. The summed E-state index contributed by atoms with van der Waals surface area (Å²) >= 11 is 7.39. The van der Waals surface area contributed by atoms with Gasteiger partial charge in [-0.25, -0.2) is 4.98 Å². The van der Waals surface area contributed by atoms with Crippen LogP contribution >= 0.6 is 22.9 Å². The number of hydrogen-bond acceptors (Lipinski definition) is 5. The summed E-state index contributed by atoms with van der Waals surface area (Å²) in [5.41, 5.74) is 2.58. The normalized spacial score (nSPS) is 11.6. The van der Waals surface area contributed by atoms with Crippen LogP contribution in [0.5, 0.6) is 0 Å². The summed E-state index contributed by atoms with van der Waals surface area (Å²) in [6.07, 6.45) is -0.217. The van der Waals surface area contributed by atoms with Gasteiger partial charge >= 0.3 is 5.97 Å². The van der Waals surface area contributed by atoms with E-state index in [2.05, 4.69) is 15.6 Å². The number of benzene rings is 2. The molecule has 1 aromatic heterocycles. The Morgan fingerprint density at radius 2 is 1.89 bits per heavy atom. The molecule has 8 heteroatoms. The zero-order valence-electron chi connectivity index (χ0n) is 15.0. The van der Waals surface area contributed by atoms with Crippen molar-refractivity contribution in [2.45, 2.75) is 19.4 Å². The SMILES string of the molecule is Cc1ccccc1C(CC(=O)O)NC(=O)c1csc(Nc2ccccc2Cl)n1. The minimum atomic E-state index is -0.993. The molecular formula is C20H18ClN3O3S. The average molecular weight is 416 g/mol. The zero-order chi connectivity index (χ0) is 20.1. The van der Waals surface area contributed by atoms with Gasteiger partial charge in [-0.2, -0.15) is 0 Å². The van der Waals surface area contributed by atoms with Crippen LogP contribution in [0.3, 0.4) is 0 Å². The summed E-state index contributed by atoms with van der Waals surface area (Å²) in [7, 11) is 0. The molecule has 144 valence electrons. The number of anilines is 2. The van der Waals surface area contributed by atoms with Crippen molar-refractivity contribution in [3.05, 3.63) is 75.8 Å². The first-order valence-electron chi connectivity index (χ1n) is 8.49. The van der Waals surface area contributed by atoms with Crippen LogP contribution in [-0.4, -0.2) is 22.0 Å². The second kappa shape index (κ2) is 8.86. The lowest BCUT2D eigenvalue weighted by Gasteiger charge is -2.18. The molecule has 0 bridgehead atoms. The Hall–Kier alpha value is -2.90. The van der Waals surface area contributed by atoms with E-state index in [9.17, 15) is 14.7 Å². The third-order valence-corrected chi connectivity index (χ3v) is 5.19. The number of thiazole rings is 1. The van der Waals surface area contributed by atoms with Gasteiger partial charge in [0.25, 0.3) is 5.91 Å². The smallest absolute Gasteiger partial charge is 0.305 e. The highest BCUT2D eigenvalue weighted by molar-refractivity contribution is 7.14. The van der Waals surface area contributed by atoms with Gasteiger partial charge in [0.15, 0.2) is 5.13 Å². The first kappa shape index (κ1) is 19.9. The predicted molar refractivity (Wildman–Crippen MR) is 110 cm³/mol. The Bertz CT molecular complexity index is 1010. The largest absolute Gasteiger partial charge is 0.481 e. The highest BCUT2D eigenvalue weighted by atomic mass is 35.5. The van der Waals surface area contributed by atoms with Crippen molar-refractivity contribution < 1.29 is 14.7 Å². The number of carboxylic acid groups (broad SMARTS) is 1. The third-order valence-electron chi connectivity index (χ3n) is 4.10. The number of aryl methyl sites for hydroxylation is 1. The molecule has 0 spiro atoms. The molecule has 0 radical (unpaired) electrons. The average Bonchev–Trinajstić information content (AvgIpc) is 3.12. The van der Waals surface area contributed by atoms with Gasteiger partial charge in [0, 0.05) is 5.38 Å². The number of aliphatic carboxylic acids is 1. The summed E-state index contributed by atoms with van der Waals surface area (Å²) in [6.45, 7) is 1.88. The first-order valence-corrected chi connectivity index (χ1v) is 9.75. The fourth-order valence-corrected chi connectivity index (χ4v) is 3.62. The molecule has 2 aromatic carbocycles. The quantitative estimate of drug-likeness (QED) is 0.515. The van der Waals surface area contributed by atoms with Gasteiger partial charge in [0.1, 0.15) is 5.69 Å². The summed E-state index contributed by atoms with van der Waals surface area (Å²) < 4.78 is 0. The van der Waals surface area contributed by atoms with Crippen LogP contribution in [0.4, 0.5) is 10.8 Å². The van der Waals surface area contributed by atoms with Crippen LogP contribution in [0.25, 0.3) is 0 Å². The monoisotopic (exact) mass is 415 g/mol. The van der Waals surface area contributed by atoms with Gasteiger partial charge in [0.05, 0.1) is 23.2 Å². The maximum absolute atomic E-state index is 12.6. The number of para-hydroxylation sites is 1. The van der Waals surface area contributed by atoms with E-state index in [4.69, 9.17) is 11.6 Å². The number of aromatic nitrogens is 1. The van der Waals surface area contributed by atoms with Crippen LogP contribution < -0.4 is 10.6 Å². The Kier molecular flexibility index (Phi) is 6.28. The highest BCUT2D eigenvalue weighted by Crippen LogP contribution is 2.27. The number of carboxylic acids is 1.